The quantitative estimate of drug-likeness (QED) is 0.450. The van der Waals surface area contributed by atoms with E-state index in [1.165, 1.54) is 12.0 Å². The highest BCUT2D eigenvalue weighted by Gasteiger charge is 2.58. The molecule has 0 spiro atoms. The zero-order valence-electron chi connectivity index (χ0n) is 22.7. The number of rotatable bonds is 6. The summed E-state index contributed by atoms with van der Waals surface area (Å²) in [6.45, 7) is 5.67. The van der Waals surface area contributed by atoms with Gasteiger partial charge in [-0.1, -0.05) is 70.4 Å². The van der Waals surface area contributed by atoms with Crippen molar-refractivity contribution in [2.24, 2.45) is 17.3 Å². The van der Waals surface area contributed by atoms with Crippen LogP contribution in [-0.4, -0.2) is 46.1 Å². The molecule has 4 rings (SSSR count). The van der Waals surface area contributed by atoms with Gasteiger partial charge in [0.2, 0.25) is 11.8 Å². The van der Waals surface area contributed by atoms with Crippen LogP contribution in [0.25, 0.3) is 0 Å². The van der Waals surface area contributed by atoms with E-state index in [9.17, 15) is 27.9 Å². The molecule has 2 heterocycles. The van der Waals surface area contributed by atoms with Crippen molar-refractivity contribution in [1.29, 1.82) is 0 Å². The first kappa shape index (κ1) is 28.7. The molecule has 39 heavy (non-hydrogen) atoms. The van der Waals surface area contributed by atoms with E-state index >= 15 is 0 Å². The number of hydrogen-bond acceptors (Lipinski definition) is 5. The number of nitrogens with zero attached hydrogens (tertiary/aromatic N) is 2. The van der Waals surface area contributed by atoms with Crippen molar-refractivity contribution in [1.82, 2.24) is 9.88 Å². The number of carboxylic acids is 1. The van der Waals surface area contributed by atoms with Crippen LogP contribution in [-0.2, 0) is 15.8 Å². The minimum Gasteiger partial charge on any atom is -0.480 e. The van der Waals surface area contributed by atoms with E-state index in [1.54, 1.807) is 0 Å². The molecule has 1 aliphatic carbocycles. The van der Waals surface area contributed by atoms with Crippen LogP contribution in [0.4, 0.5) is 18.9 Å². The molecule has 10 heteroatoms. The summed E-state index contributed by atoms with van der Waals surface area (Å²) in [5.74, 6) is -2.36. The van der Waals surface area contributed by atoms with Crippen molar-refractivity contribution in [3.8, 4) is 5.88 Å². The van der Waals surface area contributed by atoms with Gasteiger partial charge in [0.1, 0.15) is 6.04 Å². The van der Waals surface area contributed by atoms with Gasteiger partial charge in [0.05, 0.1) is 30.4 Å². The molecule has 0 unspecified atom stereocenters. The van der Waals surface area contributed by atoms with E-state index < -0.39 is 47.2 Å². The highest BCUT2D eigenvalue weighted by Crippen LogP contribution is 2.51. The molecule has 0 radical (unpaired) electrons. The standard InChI is InChI=1S/C29H36F3N3O4/c1-28(2,3)21-22(34-20-15-19(29(30,31)32)16-33-25(20)39-4)23(17-11-7-5-8-12-17)35(24(21)27(37)38)26(36)18-13-9-6-10-14-18/h5,7-8,11-12,15-16,18,21-24,34H,6,9-10,13-14H2,1-4H3,(H,37,38)/t21-,22-,23-,24-/m1/s1. The zero-order valence-corrected chi connectivity index (χ0v) is 22.7. The number of amides is 1. The van der Waals surface area contributed by atoms with E-state index in [2.05, 4.69) is 10.3 Å². The zero-order chi connectivity index (χ0) is 28.5. The van der Waals surface area contributed by atoms with Gasteiger partial charge in [0, 0.05) is 18.0 Å². The van der Waals surface area contributed by atoms with Crippen molar-refractivity contribution in [2.45, 2.75) is 77.2 Å². The lowest BCUT2D eigenvalue weighted by Crippen LogP contribution is -2.49. The number of pyridine rings is 1. The third kappa shape index (κ3) is 5.84. The number of alkyl halides is 3. The average Bonchev–Trinajstić information content (AvgIpc) is 3.24. The number of ether oxygens (including phenoxy) is 1. The summed E-state index contributed by atoms with van der Waals surface area (Å²) >= 11 is 0. The molecule has 1 amide bonds. The summed E-state index contributed by atoms with van der Waals surface area (Å²) in [4.78, 5) is 32.4. The van der Waals surface area contributed by atoms with E-state index in [-0.39, 0.29) is 23.4 Å². The lowest BCUT2D eigenvalue weighted by Gasteiger charge is -2.36. The van der Waals surface area contributed by atoms with Crippen LogP contribution in [0, 0.1) is 17.3 Å². The number of halogens is 3. The number of anilines is 1. The molecule has 0 bridgehead atoms. The number of benzene rings is 1. The van der Waals surface area contributed by atoms with E-state index in [1.807, 2.05) is 51.1 Å². The largest absolute Gasteiger partial charge is 0.480 e. The van der Waals surface area contributed by atoms with Gasteiger partial charge in [-0.3, -0.25) is 4.79 Å². The summed E-state index contributed by atoms with van der Waals surface area (Å²) in [6.07, 6.45) is 0.268. The maximum absolute atomic E-state index is 14.1. The van der Waals surface area contributed by atoms with Crippen molar-refractivity contribution in [2.75, 3.05) is 12.4 Å². The Balaban J connectivity index is 1.90. The minimum atomic E-state index is -4.64. The van der Waals surface area contributed by atoms with Crippen molar-refractivity contribution in [3.63, 3.8) is 0 Å². The van der Waals surface area contributed by atoms with Gasteiger partial charge in [-0.2, -0.15) is 13.2 Å². The molecule has 2 aromatic rings. The summed E-state index contributed by atoms with van der Waals surface area (Å²) in [6, 6.07) is 7.33. The Morgan fingerprint density at radius 2 is 1.72 bits per heavy atom. The number of carboxylic acid groups (broad SMARTS) is 1. The highest BCUT2D eigenvalue weighted by atomic mass is 19.4. The van der Waals surface area contributed by atoms with Crippen molar-refractivity contribution < 1.29 is 32.6 Å². The number of methoxy groups -OCH3 is 1. The molecular formula is C29H36F3N3O4. The molecule has 1 aromatic carbocycles. The van der Waals surface area contributed by atoms with Gasteiger partial charge in [-0.05, 0) is 29.9 Å². The second kappa shape index (κ2) is 11.1. The van der Waals surface area contributed by atoms with E-state index in [0.717, 1.165) is 25.3 Å². The van der Waals surface area contributed by atoms with E-state index in [4.69, 9.17) is 4.74 Å². The number of aromatic nitrogens is 1. The van der Waals surface area contributed by atoms with E-state index in [0.29, 0.717) is 24.6 Å². The SMILES string of the molecule is COc1ncc(C(F)(F)F)cc1N[C@@H]1[C@@H](C(C)(C)C)[C@H](C(=O)O)N(C(=O)C2CCCCC2)[C@@H]1c1ccccc1. The van der Waals surface area contributed by atoms with Crippen LogP contribution in [0.15, 0.2) is 42.6 Å². The van der Waals surface area contributed by atoms with Crippen LogP contribution < -0.4 is 10.1 Å². The van der Waals surface area contributed by atoms with Crippen LogP contribution in [0.1, 0.15) is 70.0 Å². The Morgan fingerprint density at radius 3 is 2.26 bits per heavy atom. The molecule has 4 atom stereocenters. The maximum atomic E-state index is 14.1. The number of carbonyl (C=O) groups excluding carboxylic acids is 1. The second-order valence-electron chi connectivity index (χ2n) is 11.6. The predicted molar refractivity (Wildman–Crippen MR) is 140 cm³/mol. The molecule has 1 saturated heterocycles. The first-order chi connectivity index (χ1) is 18.3. The molecule has 2 aliphatic rings. The van der Waals surface area contributed by atoms with Gasteiger partial charge in [0.15, 0.2) is 0 Å². The molecule has 212 valence electrons. The fourth-order valence-electron chi connectivity index (χ4n) is 6.27. The molecule has 7 nitrogen and oxygen atoms in total. The maximum Gasteiger partial charge on any atom is 0.417 e. The number of likely N-dealkylation sites (tertiary alicyclic amines) is 1. The minimum absolute atomic E-state index is 0.0105. The third-order valence-electron chi connectivity index (χ3n) is 7.96. The number of aliphatic carboxylic acids is 1. The van der Waals surface area contributed by atoms with Gasteiger partial charge in [-0.15, -0.1) is 0 Å². The molecular weight excluding hydrogens is 511 g/mol. The van der Waals surface area contributed by atoms with Crippen LogP contribution in [0.3, 0.4) is 0 Å². The molecule has 1 saturated carbocycles. The number of hydrogen-bond donors (Lipinski definition) is 2. The summed E-state index contributed by atoms with van der Waals surface area (Å²) in [7, 11) is 1.31. The molecule has 1 aromatic heterocycles. The summed E-state index contributed by atoms with van der Waals surface area (Å²) in [5.41, 5.74) is -0.908. The normalized spacial score (nSPS) is 24.4. The van der Waals surface area contributed by atoms with Gasteiger partial charge in [-0.25, -0.2) is 9.78 Å². The average molecular weight is 548 g/mol. The Labute approximate surface area is 226 Å². The topological polar surface area (TPSA) is 91.8 Å². The third-order valence-corrected chi connectivity index (χ3v) is 7.96. The lowest BCUT2D eigenvalue weighted by molar-refractivity contribution is -0.154. The Morgan fingerprint density at radius 1 is 1.08 bits per heavy atom. The summed E-state index contributed by atoms with van der Waals surface area (Å²) < 4.78 is 46.2. The Kier molecular flexibility index (Phi) is 8.14. The van der Waals surface area contributed by atoms with Crippen LogP contribution in [0.2, 0.25) is 0 Å². The second-order valence-corrected chi connectivity index (χ2v) is 11.6. The Hall–Kier alpha value is -3.30. The fourth-order valence-corrected chi connectivity index (χ4v) is 6.27. The molecule has 2 N–H and O–H groups in total. The predicted octanol–water partition coefficient (Wildman–Crippen LogP) is 6.17. The van der Waals surface area contributed by atoms with Gasteiger partial charge >= 0.3 is 12.1 Å². The van der Waals surface area contributed by atoms with Gasteiger partial charge in [0.25, 0.3) is 0 Å². The monoisotopic (exact) mass is 547 g/mol. The lowest BCUT2D eigenvalue weighted by atomic mass is 9.72. The fraction of sp³-hybridized carbons (Fsp3) is 0.552. The van der Waals surface area contributed by atoms with Crippen LogP contribution >= 0.6 is 0 Å². The molecule has 1 aliphatic heterocycles. The summed E-state index contributed by atoms with van der Waals surface area (Å²) in [5, 5.41) is 13.8. The first-order valence-electron chi connectivity index (χ1n) is 13.3. The van der Waals surface area contributed by atoms with Crippen molar-refractivity contribution >= 4 is 17.6 Å². The smallest absolute Gasteiger partial charge is 0.417 e. The number of carbonyl (C=O) groups is 2. The van der Waals surface area contributed by atoms with Crippen molar-refractivity contribution in [3.05, 3.63) is 53.7 Å². The highest BCUT2D eigenvalue weighted by molar-refractivity contribution is 5.87. The Bertz CT molecular complexity index is 1180. The van der Waals surface area contributed by atoms with Crippen LogP contribution in [0.5, 0.6) is 5.88 Å². The first-order valence-corrected chi connectivity index (χ1v) is 13.3. The molecule has 2 fully saturated rings. The number of nitrogens with one attached hydrogen (secondary N) is 1. The van der Waals surface area contributed by atoms with Gasteiger partial charge < -0.3 is 20.1 Å².